The molecule has 4 heteroatoms. The summed E-state index contributed by atoms with van der Waals surface area (Å²) in [5.41, 5.74) is 0. The van der Waals surface area contributed by atoms with Gasteiger partial charge < -0.3 is 15.2 Å². The monoisotopic (exact) mass is 229 g/mol. The number of aryl methyl sites for hydroxylation is 1. The molecule has 1 aromatic heterocycles. The zero-order chi connectivity index (χ0) is 11.1. The lowest BCUT2D eigenvalue weighted by Crippen LogP contribution is -2.22. The van der Waals surface area contributed by atoms with Crippen LogP contribution in [0.25, 0.3) is 0 Å². The van der Waals surface area contributed by atoms with Crippen LogP contribution in [0.5, 0.6) is 0 Å². The van der Waals surface area contributed by atoms with Crippen LogP contribution in [0.15, 0.2) is 12.1 Å². The maximum absolute atomic E-state index is 9.39. The van der Waals surface area contributed by atoms with Crippen molar-refractivity contribution in [3.63, 3.8) is 0 Å². The van der Waals surface area contributed by atoms with Crippen LogP contribution in [0.2, 0.25) is 0 Å². The average molecular weight is 229 g/mol. The summed E-state index contributed by atoms with van der Waals surface area (Å²) in [6.45, 7) is 4.23. The van der Waals surface area contributed by atoms with Crippen molar-refractivity contribution in [2.45, 2.75) is 26.0 Å². The number of rotatable bonds is 7. The Morgan fingerprint density at radius 2 is 2.33 bits per heavy atom. The molecule has 0 bridgehead atoms. The first kappa shape index (κ1) is 12.6. The molecule has 0 aliphatic heterocycles. The topological polar surface area (TPSA) is 41.5 Å². The van der Waals surface area contributed by atoms with Gasteiger partial charge in [0.25, 0.3) is 0 Å². The van der Waals surface area contributed by atoms with Crippen molar-refractivity contribution in [1.82, 2.24) is 5.32 Å². The fourth-order valence-electron chi connectivity index (χ4n) is 1.34. The van der Waals surface area contributed by atoms with E-state index in [2.05, 4.69) is 24.4 Å². The fourth-order valence-corrected chi connectivity index (χ4v) is 2.20. The van der Waals surface area contributed by atoms with Crippen LogP contribution in [-0.4, -0.2) is 31.5 Å². The minimum atomic E-state index is -0.354. The molecule has 15 heavy (non-hydrogen) atoms. The van der Waals surface area contributed by atoms with E-state index in [-0.39, 0.29) is 6.10 Å². The van der Waals surface area contributed by atoms with Gasteiger partial charge in [-0.3, -0.25) is 0 Å². The van der Waals surface area contributed by atoms with Gasteiger partial charge in [-0.25, -0.2) is 0 Å². The number of thiophene rings is 1. The molecule has 1 heterocycles. The second-order valence-electron chi connectivity index (χ2n) is 3.59. The Balaban J connectivity index is 2.06. The molecule has 1 rings (SSSR count). The highest BCUT2D eigenvalue weighted by molar-refractivity contribution is 7.11. The van der Waals surface area contributed by atoms with Crippen molar-refractivity contribution in [2.75, 3.05) is 20.3 Å². The Hall–Kier alpha value is -0.420. The van der Waals surface area contributed by atoms with Gasteiger partial charge >= 0.3 is 0 Å². The standard InChI is InChI=1S/C11H19NO2S/c1-9-3-4-11(15-9)7-12-6-5-10(13)8-14-2/h3-4,10,12-13H,5-8H2,1-2H3. The summed E-state index contributed by atoms with van der Waals surface area (Å²) in [4.78, 5) is 2.68. The number of methoxy groups -OCH3 is 1. The minimum Gasteiger partial charge on any atom is -0.391 e. The summed E-state index contributed by atoms with van der Waals surface area (Å²) < 4.78 is 4.85. The fraction of sp³-hybridized carbons (Fsp3) is 0.636. The van der Waals surface area contributed by atoms with Crippen LogP contribution in [-0.2, 0) is 11.3 Å². The molecule has 1 unspecified atom stereocenters. The maximum atomic E-state index is 9.39. The van der Waals surface area contributed by atoms with Gasteiger partial charge in [0.1, 0.15) is 0 Å². The molecule has 0 saturated heterocycles. The van der Waals surface area contributed by atoms with Gasteiger partial charge in [0, 0.05) is 23.4 Å². The zero-order valence-corrected chi connectivity index (χ0v) is 10.1. The van der Waals surface area contributed by atoms with Crippen molar-refractivity contribution in [3.05, 3.63) is 21.9 Å². The third kappa shape index (κ3) is 5.28. The Kier molecular flexibility index (Phi) is 5.86. The number of hydrogen-bond acceptors (Lipinski definition) is 4. The van der Waals surface area contributed by atoms with Gasteiger partial charge in [-0.2, -0.15) is 0 Å². The molecular weight excluding hydrogens is 210 g/mol. The van der Waals surface area contributed by atoms with Gasteiger partial charge in [-0.1, -0.05) is 0 Å². The Labute approximate surface area is 95.1 Å². The Morgan fingerprint density at radius 3 is 2.93 bits per heavy atom. The predicted octanol–water partition coefficient (Wildman–Crippen LogP) is 1.54. The molecule has 0 fully saturated rings. The summed E-state index contributed by atoms with van der Waals surface area (Å²) in [7, 11) is 1.60. The first-order valence-electron chi connectivity index (χ1n) is 5.15. The van der Waals surface area contributed by atoms with Crippen molar-refractivity contribution in [1.29, 1.82) is 0 Å². The molecule has 0 aliphatic carbocycles. The normalized spacial score (nSPS) is 13.0. The highest BCUT2D eigenvalue weighted by atomic mass is 32.1. The van der Waals surface area contributed by atoms with Gasteiger partial charge in [0.2, 0.25) is 0 Å². The highest BCUT2D eigenvalue weighted by Crippen LogP contribution is 2.14. The molecule has 0 aliphatic rings. The van der Waals surface area contributed by atoms with E-state index in [1.165, 1.54) is 9.75 Å². The Bertz CT molecular complexity index is 275. The van der Waals surface area contributed by atoms with Crippen LogP contribution in [0, 0.1) is 6.92 Å². The zero-order valence-electron chi connectivity index (χ0n) is 9.32. The van der Waals surface area contributed by atoms with E-state index >= 15 is 0 Å². The summed E-state index contributed by atoms with van der Waals surface area (Å²) in [6.07, 6.45) is 0.380. The molecule has 1 atom stereocenters. The lowest BCUT2D eigenvalue weighted by molar-refractivity contribution is 0.0594. The molecule has 0 saturated carbocycles. The number of aliphatic hydroxyl groups excluding tert-OH is 1. The number of nitrogens with one attached hydrogen (secondary N) is 1. The summed E-state index contributed by atoms with van der Waals surface area (Å²) in [5, 5.41) is 12.7. The molecule has 0 radical (unpaired) electrons. The molecular formula is C11H19NO2S. The summed E-state index contributed by atoms with van der Waals surface area (Å²) >= 11 is 1.81. The lowest BCUT2D eigenvalue weighted by Gasteiger charge is -2.09. The van der Waals surface area contributed by atoms with Crippen LogP contribution in [0.4, 0.5) is 0 Å². The van der Waals surface area contributed by atoms with Gasteiger partial charge in [0.15, 0.2) is 0 Å². The van der Waals surface area contributed by atoms with Gasteiger partial charge in [-0.05, 0) is 32.0 Å². The molecule has 86 valence electrons. The summed E-state index contributed by atoms with van der Waals surface area (Å²) in [6, 6.07) is 4.26. The average Bonchev–Trinajstić information content (AvgIpc) is 2.60. The van der Waals surface area contributed by atoms with Gasteiger partial charge in [0.05, 0.1) is 12.7 Å². The van der Waals surface area contributed by atoms with E-state index in [0.717, 1.165) is 19.5 Å². The first-order valence-corrected chi connectivity index (χ1v) is 5.97. The molecule has 3 nitrogen and oxygen atoms in total. The Morgan fingerprint density at radius 1 is 1.53 bits per heavy atom. The van der Waals surface area contributed by atoms with E-state index < -0.39 is 0 Å². The SMILES string of the molecule is COCC(O)CCNCc1ccc(C)s1. The van der Waals surface area contributed by atoms with Crippen LogP contribution in [0.3, 0.4) is 0 Å². The van der Waals surface area contributed by atoms with Crippen LogP contribution < -0.4 is 5.32 Å². The van der Waals surface area contributed by atoms with E-state index in [1.54, 1.807) is 7.11 Å². The molecule has 0 amide bonds. The highest BCUT2D eigenvalue weighted by Gasteiger charge is 2.02. The predicted molar refractivity (Wildman–Crippen MR) is 63.3 cm³/mol. The quantitative estimate of drug-likeness (QED) is 0.697. The van der Waals surface area contributed by atoms with E-state index in [0.29, 0.717) is 6.61 Å². The van der Waals surface area contributed by atoms with Crippen molar-refractivity contribution in [2.24, 2.45) is 0 Å². The van der Waals surface area contributed by atoms with Crippen LogP contribution in [0.1, 0.15) is 16.2 Å². The van der Waals surface area contributed by atoms with Crippen molar-refractivity contribution in [3.8, 4) is 0 Å². The maximum Gasteiger partial charge on any atom is 0.0785 e. The minimum absolute atomic E-state index is 0.354. The van der Waals surface area contributed by atoms with E-state index in [1.807, 2.05) is 11.3 Å². The first-order chi connectivity index (χ1) is 7.22. The second-order valence-corrected chi connectivity index (χ2v) is 4.96. The second kappa shape index (κ2) is 6.95. The molecule has 2 N–H and O–H groups in total. The van der Waals surface area contributed by atoms with Crippen molar-refractivity contribution < 1.29 is 9.84 Å². The largest absolute Gasteiger partial charge is 0.391 e. The number of hydrogen-bond donors (Lipinski definition) is 2. The third-order valence-electron chi connectivity index (χ3n) is 2.11. The number of ether oxygens (including phenoxy) is 1. The van der Waals surface area contributed by atoms with E-state index in [9.17, 15) is 5.11 Å². The molecule has 1 aromatic rings. The van der Waals surface area contributed by atoms with Gasteiger partial charge in [-0.15, -0.1) is 11.3 Å². The number of aliphatic hydroxyl groups is 1. The van der Waals surface area contributed by atoms with Crippen molar-refractivity contribution >= 4 is 11.3 Å². The third-order valence-corrected chi connectivity index (χ3v) is 3.11. The van der Waals surface area contributed by atoms with Crippen LogP contribution >= 0.6 is 11.3 Å². The molecule has 0 aromatic carbocycles. The summed E-state index contributed by atoms with van der Waals surface area (Å²) in [5.74, 6) is 0. The molecule has 0 spiro atoms. The smallest absolute Gasteiger partial charge is 0.0785 e. The lowest BCUT2D eigenvalue weighted by atomic mass is 10.2. The van der Waals surface area contributed by atoms with E-state index in [4.69, 9.17) is 4.74 Å².